The summed E-state index contributed by atoms with van der Waals surface area (Å²) >= 11 is 0. The molecule has 0 aliphatic rings. The molecule has 1 rings (SSSR count). The molecule has 0 heterocycles. The Balaban J connectivity index is 2.73. The van der Waals surface area contributed by atoms with Crippen LogP contribution in [0.15, 0.2) is 36.0 Å². The van der Waals surface area contributed by atoms with Crippen LogP contribution in [0.3, 0.4) is 0 Å². The minimum atomic E-state index is -0.334. The topological polar surface area (TPSA) is 50.4 Å². The van der Waals surface area contributed by atoms with Crippen LogP contribution in [0.4, 0.5) is 11.4 Å². The number of allylic oxidation sites excluding steroid dienone is 1. The second-order valence-corrected chi connectivity index (χ2v) is 3.50. The number of ether oxygens (including phenoxy) is 1. The smallest absolute Gasteiger partial charge is 0.332 e. The Labute approximate surface area is 102 Å². The van der Waals surface area contributed by atoms with Gasteiger partial charge in [-0.05, 0) is 26.0 Å². The van der Waals surface area contributed by atoms with Gasteiger partial charge >= 0.3 is 5.97 Å². The van der Waals surface area contributed by atoms with E-state index in [2.05, 4.69) is 10.6 Å². The van der Waals surface area contributed by atoms with Crippen LogP contribution in [0.1, 0.15) is 13.8 Å². The van der Waals surface area contributed by atoms with E-state index in [0.29, 0.717) is 6.61 Å². The van der Waals surface area contributed by atoms with Gasteiger partial charge in [0.15, 0.2) is 0 Å². The number of anilines is 2. The van der Waals surface area contributed by atoms with Gasteiger partial charge in [-0.1, -0.05) is 12.1 Å². The molecule has 0 aromatic heterocycles. The van der Waals surface area contributed by atoms with E-state index in [0.717, 1.165) is 17.1 Å². The van der Waals surface area contributed by atoms with Gasteiger partial charge in [0.05, 0.1) is 18.0 Å². The molecule has 0 saturated heterocycles. The zero-order chi connectivity index (χ0) is 12.7. The van der Waals surface area contributed by atoms with Crippen molar-refractivity contribution in [1.29, 1.82) is 0 Å². The predicted octanol–water partition coefficient (Wildman–Crippen LogP) is 2.61. The molecule has 0 bridgehead atoms. The number of hydrogen-bond acceptors (Lipinski definition) is 4. The lowest BCUT2D eigenvalue weighted by molar-refractivity contribution is -0.137. The summed E-state index contributed by atoms with van der Waals surface area (Å²) in [6.07, 6.45) is 1.44. The third-order valence-corrected chi connectivity index (χ3v) is 2.15. The van der Waals surface area contributed by atoms with Crippen LogP contribution in [0.5, 0.6) is 0 Å². The zero-order valence-electron chi connectivity index (χ0n) is 10.4. The van der Waals surface area contributed by atoms with Crippen molar-refractivity contribution in [1.82, 2.24) is 0 Å². The summed E-state index contributed by atoms with van der Waals surface area (Å²) in [6, 6.07) is 7.77. The van der Waals surface area contributed by atoms with Gasteiger partial charge in [-0.15, -0.1) is 0 Å². The van der Waals surface area contributed by atoms with E-state index >= 15 is 0 Å². The fourth-order valence-electron chi connectivity index (χ4n) is 1.42. The van der Waals surface area contributed by atoms with Crippen molar-refractivity contribution in [3.05, 3.63) is 36.0 Å². The molecule has 0 unspecified atom stereocenters. The molecule has 0 radical (unpaired) electrons. The normalized spacial score (nSPS) is 10.9. The van der Waals surface area contributed by atoms with Gasteiger partial charge in [-0.25, -0.2) is 4.79 Å². The molecule has 0 amide bonds. The third-order valence-electron chi connectivity index (χ3n) is 2.15. The molecular weight excluding hydrogens is 216 g/mol. The number of rotatable bonds is 5. The summed E-state index contributed by atoms with van der Waals surface area (Å²) < 4.78 is 4.84. The number of para-hydroxylation sites is 2. The number of carbonyl (C=O) groups excluding carboxylic acids is 1. The highest BCUT2D eigenvalue weighted by Gasteiger charge is 2.01. The predicted molar refractivity (Wildman–Crippen MR) is 70.0 cm³/mol. The highest BCUT2D eigenvalue weighted by molar-refractivity contribution is 5.84. The highest BCUT2D eigenvalue weighted by Crippen LogP contribution is 2.21. The van der Waals surface area contributed by atoms with E-state index in [1.165, 1.54) is 6.08 Å². The third kappa shape index (κ3) is 4.18. The first-order valence-electron chi connectivity index (χ1n) is 5.56. The molecule has 4 heteroatoms. The first-order chi connectivity index (χ1) is 8.17. The number of nitrogens with one attached hydrogen (secondary N) is 2. The SMILES string of the molecule is CCOC(=O)/C=C(\C)Nc1ccccc1NC. The quantitative estimate of drug-likeness (QED) is 0.607. The minimum Gasteiger partial charge on any atom is -0.463 e. The first kappa shape index (κ1) is 13.1. The van der Waals surface area contributed by atoms with Crippen molar-refractivity contribution in [2.24, 2.45) is 0 Å². The van der Waals surface area contributed by atoms with Crippen molar-refractivity contribution in [2.75, 3.05) is 24.3 Å². The van der Waals surface area contributed by atoms with E-state index in [1.54, 1.807) is 6.92 Å². The average molecular weight is 234 g/mol. The van der Waals surface area contributed by atoms with Crippen molar-refractivity contribution in [3.8, 4) is 0 Å². The van der Waals surface area contributed by atoms with Gasteiger partial charge in [-0.2, -0.15) is 0 Å². The fourth-order valence-corrected chi connectivity index (χ4v) is 1.42. The lowest BCUT2D eigenvalue weighted by Gasteiger charge is -2.11. The average Bonchev–Trinajstić information content (AvgIpc) is 2.29. The minimum absolute atomic E-state index is 0.334. The van der Waals surface area contributed by atoms with E-state index in [9.17, 15) is 4.79 Å². The van der Waals surface area contributed by atoms with Crippen LogP contribution >= 0.6 is 0 Å². The molecular formula is C13H18N2O2. The van der Waals surface area contributed by atoms with E-state index in [4.69, 9.17) is 4.74 Å². The summed E-state index contributed by atoms with van der Waals surface area (Å²) in [7, 11) is 1.85. The lowest BCUT2D eigenvalue weighted by Crippen LogP contribution is -2.05. The summed E-state index contributed by atoms with van der Waals surface area (Å²) in [5.41, 5.74) is 2.64. The molecule has 0 aliphatic heterocycles. The van der Waals surface area contributed by atoms with Crippen LogP contribution in [0.2, 0.25) is 0 Å². The Morgan fingerprint density at radius 2 is 2.00 bits per heavy atom. The largest absolute Gasteiger partial charge is 0.463 e. The summed E-state index contributed by atoms with van der Waals surface area (Å²) in [6.45, 7) is 3.99. The summed E-state index contributed by atoms with van der Waals surface area (Å²) in [4.78, 5) is 11.2. The van der Waals surface area contributed by atoms with Gasteiger partial charge in [0.25, 0.3) is 0 Å². The number of carbonyl (C=O) groups is 1. The highest BCUT2D eigenvalue weighted by atomic mass is 16.5. The lowest BCUT2D eigenvalue weighted by atomic mass is 10.2. The van der Waals surface area contributed by atoms with Crippen LogP contribution in [-0.2, 0) is 9.53 Å². The molecule has 0 saturated carbocycles. The van der Waals surface area contributed by atoms with Crippen molar-refractivity contribution in [3.63, 3.8) is 0 Å². The molecule has 0 atom stereocenters. The second-order valence-electron chi connectivity index (χ2n) is 3.50. The standard InChI is InChI=1S/C13H18N2O2/c1-4-17-13(16)9-10(2)15-12-8-6-5-7-11(12)14-3/h5-9,14-15H,4H2,1-3H3/b10-9+. The molecule has 92 valence electrons. The Morgan fingerprint density at radius 1 is 1.35 bits per heavy atom. The number of esters is 1. The summed E-state index contributed by atoms with van der Waals surface area (Å²) in [5, 5.41) is 6.22. The van der Waals surface area contributed by atoms with Crippen molar-refractivity contribution < 1.29 is 9.53 Å². The van der Waals surface area contributed by atoms with Gasteiger partial charge < -0.3 is 15.4 Å². The molecule has 4 nitrogen and oxygen atoms in total. The van der Waals surface area contributed by atoms with Crippen molar-refractivity contribution in [2.45, 2.75) is 13.8 Å². The van der Waals surface area contributed by atoms with Gasteiger partial charge in [0.2, 0.25) is 0 Å². The Hall–Kier alpha value is -1.97. The first-order valence-corrected chi connectivity index (χ1v) is 5.56. The number of hydrogen-bond donors (Lipinski definition) is 2. The molecule has 1 aromatic rings. The van der Waals surface area contributed by atoms with Gasteiger partial charge in [0.1, 0.15) is 0 Å². The maximum Gasteiger partial charge on any atom is 0.332 e. The molecule has 0 fully saturated rings. The van der Waals surface area contributed by atoms with Crippen molar-refractivity contribution >= 4 is 17.3 Å². The Morgan fingerprint density at radius 3 is 2.59 bits per heavy atom. The maximum atomic E-state index is 11.2. The van der Waals surface area contributed by atoms with Crippen LogP contribution in [0, 0.1) is 0 Å². The van der Waals surface area contributed by atoms with Gasteiger partial charge in [0, 0.05) is 18.8 Å². The number of benzene rings is 1. The van der Waals surface area contributed by atoms with Crippen LogP contribution in [0.25, 0.3) is 0 Å². The van der Waals surface area contributed by atoms with Gasteiger partial charge in [-0.3, -0.25) is 0 Å². The van der Waals surface area contributed by atoms with E-state index < -0.39 is 0 Å². The molecule has 0 aliphatic carbocycles. The van der Waals surface area contributed by atoms with Crippen LogP contribution < -0.4 is 10.6 Å². The zero-order valence-corrected chi connectivity index (χ0v) is 10.4. The van der Waals surface area contributed by atoms with E-state index in [1.807, 2.05) is 38.2 Å². The second kappa shape index (κ2) is 6.58. The molecule has 2 N–H and O–H groups in total. The van der Waals surface area contributed by atoms with E-state index in [-0.39, 0.29) is 5.97 Å². The molecule has 17 heavy (non-hydrogen) atoms. The Kier molecular flexibility index (Phi) is 5.07. The monoisotopic (exact) mass is 234 g/mol. The maximum absolute atomic E-state index is 11.2. The van der Waals surface area contributed by atoms with Crippen LogP contribution in [-0.4, -0.2) is 19.6 Å². The molecule has 1 aromatic carbocycles. The summed E-state index contributed by atoms with van der Waals surface area (Å²) in [5.74, 6) is -0.334. The fraction of sp³-hybridized carbons (Fsp3) is 0.308. The molecule has 0 spiro atoms. The Bertz CT molecular complexity index is 414.